The first kappa shape index (κ1) is 22.0. The monoisotopic (exact) mass is 443 g/mol. The third kappa shape index (κ3) is 5.71. The molecule has 2 aromatic carbocycles. The summed E-state index contributed by atoms with van der Waals surface area (Å²) in [7, 11) is 3.88. The summed E-state index contributed by atoms with van der Waals surface area (Å²) in [6.45, 7) is 3.88. The van der Waals surface area contributed by atoms with E-state index in [0.717, 1.165) is 67.0 Å². The molecule has 0 amide bonds. The van der Waals surface area contributed by atoms with Gasteiger partial charge in [-0.2, -0.15) is 0 Å². The maximum Gasteiger partial charge on any atom is 0.164 e. The molecule has 4 rings (SSSR count). The van der Waals surface area contributed by atoms with E-state index in [0.29, 0.717) is 12.6 Å². The second-order valence-corrected chi connectivity index (χ2v) is 8.96. The molecule has 31 heavy (non-hydrogen) atoms. The second-order valence-electron chi connectivity index (χ2n) is 8.02. The van der Waals surface area contributed by atoms with Crippen molar-refractivity contribution >= 4 is 22.6 Å². The predicted octanol–water partition coefficient (Wildman–Crippen LogP) is 4.93. The fraction of sp³-hybridized carbons (Fsp3) is 0.458. The van der Waals surface area contributed by atoms with Crippen molar-refractivity contribution in [1.82, 2.24) is 9.80 Å². The Morgan fingerprint density at radius 3 is 2.61 bits per heavy atom. The van der Waals surface area contributed by atoms with Crippen LogP contribution in [0.4, 0.5) is 10.1 Å². The Morgan fingerprint density at radius 1 is 1.13 bits per heavy atom. The van der Waals surface area contributed by atoms with Crippen molar-refractivity contribution in [2.45, 2.75) is 31.1 Å². The number of piperidine rings is 1. The fourth-order valence-electron chi connectivity index (χ4n) is 4.07. The molecular formula is C24H30FN3O2S. The second kappa shape index (κ2) is 10.4. The Balaban J connectivity index is 1.21. The Bertz CT molecular complexity index is 898. The topological polar surface area (TPSA) is 37.3 Å². The van der Waals surface area contributed by atoms with Gasteiger partial charge in [-0.1, -0.05) is 11.8 Å². The standard InChI is InChI=1S/C24H30FN3O2S/c1-27(24-26-23-9-8-22(29-2)16-18(23)17-31-24)20-10-13-28(14-11-20)12-3-15-30-21-6-4-19(25)5-7-21/h4-9,16,20H,3,10-15,17H2,1-2H3. The molecule has 2 aliphatic rings. The molecule has 5 nitrogen and oxygen atoms in total. The summed E-state index contributed by atoms with van der Waals surface area (Å²) in [5.41, 5.74) is 2.29. The van der Waals surface area contributed by atoms with Gasteiger partial charge in [0.1, 0.15) is 17.3 Å². The summed E-state index contributed by atoms with van der Waals surface area (Å²) in [6, 6.07) is 12.9. The fourth-order valence-corrected chi connectivity index (χ4v) is 5.10. The van der Waals surface area contributed by atoms with Crippen LogP contribution < -0.4 is 9.47 Å². The third-order valence-corrected chi connectivity index (χ3v) is 7.06. The van der Waals surface area contributed by atoms with Gasteiger partial charge in [-0.25, -0.2) is 9.38 Å². The van der Waals surface area contributed by atoms with Crippen molar-refractivity contribution < 1.29 is 13.9 Å². The number of aliphatic imine (C=N–C) groups is 1. The maximum atomic E-state index is 12.9. The molecule has 0 atom stereocenters. The first-order valence-electron chi connectivity index (χ1n) is 10.8. The molecule has 2 heterocycles. The van der Waals surface area contributed by atoms with Crippen LogP contribution in [0.3, 0.4) is 0 Å². The lowest BCUT2D eigenvalue weighted by atomic mass is 10.0. The number of halogens is 1. The van der Waals surface area contributed by atoms with E-state index < -0.39 is 0 Å². The summed E-state index contributed by atoms with van der Waals surface area (Å²) in [6.07, 6.45) is 3.26. The minimum Gasteiger partial charge on any atom is -0.497 e. The van der Waals surface area contributed by atoms with Gasteiger partial charge >= 0.3 is 0 Å². The number of hydrogen-bond acceptors (Lipinski definition) is 6. The lowest BCUT2D eigenvalue weighted by Gasteiger charge is -2.38. The van der Waals surface area contributed by atoms with Gasteiger partial charge in [0.25, 0.3) is 0 Å². The lowest BCUT2D eigenvalue weighted by Crippen LogP contribution is -2.45. The molecule has 0 spiro atoms. The number of fused-ring (bicyclic) bond motifs is 1. The lowest BCUT2D eigenvalue weighted by molar-refractivity contribution is 0.157. The average molecular weight is 444 g/mol. The summed E-state index contributed by atoms with van der Waals surface area (Å²) in [5.74, 6) is 2.32. The highest BCUT2D eigenvalue weighted by Gasteiger charge is 2.26. The highest BCUT2D eigenvalue weighted by Crippen LogP contribution is 2.35. The van der Waals surface area contributed by atoms with Crippen LogP contribution in [-0.4, -0.2) is 61.4 Å². The van der Waals surface area contributed by atoms with Crippen molar-refractivity contribution in [3.05, 3.63) is 53.8 Å². The van der Waals surface area contributed by atoms with E-state index in [1.807, 2.05) is 17.8 Å². The molecule has 0 bridgehead atoms. The summed E-state index contributed by atoms with van der Waals surface area (Å²) in [5, 5.41) is 1.11. The molecular weight excluding hydrogens is 413 g/mol. The van der Waals surface area contributed by atoms with Crippen LogP contribution >= 0.6 is 11.8 Å². The molecule has 0 aliphatic carbocycles. The molecule has 7 heteroatoms. The summed E-state index contributed by atoms with van der Waals surface area (Å²) in [4.78, 5) is 9.78. The van der Waals surface area contributed by atoms with E-state index in [4.69, 9.17) is 14.5 Å². The average Bonchev–Trinajstić information content (AvgIpc) is 2.82. The van der Waals surface area contributed by atoms with Crippen LogP contribution in [0, 0.1) is 5.82 Å². The van der Waals surface area contributed by atoms with Crippen LogP contribution in [0.1, 0.15) is 24.8 Å². The molecule has 0 aromatic heterocycles. The van der Waals surface area contributed by atoms with Gasteiger partial charge < -0.3 is 19.3 Å². The number of thioether (sulfide) groups is 1. The van der Waals surface area contributed by atoms with E-state index in [9.17, 15) is 4.39 Å². The molecule has 166 valence electrons. The molecule has 0 saturated carbocycles. The van der Waals surface area contributed by atoms with Crippen LogP contribution in [0.2, 0.25) is 0 Å². The van der Waals surface area contributed by atoms with Crippen LogP contribution in [0.5, 0.6) is 11.5 Å². The molecule has 1 saturated heterocycles. The molecule has 2 aromatic rings. The Labute approximate surface area is 188 Å². The minimum atomic E-state index is -0.234. The van der Waals surface area contributed by atoms with E-state index >= 15 is 0 Å². The summed E-state index contributed by atoms with van der Waals surface area (Å²) < 4.78 is 24.0. The number of nitrogens with zero attached hydrogens (tertiary/aromatic N) is 3. The largest absolute Gasteiger partial charge is 0.497 e. The van der Waals surface area contributed by atoms with Gasteiger partial charge in [0.2, 0.25) is 0 Å². The van der Waals surface area contributed by atoms with E-state index in [1.165, 1.54) is 17.7 Å². The quantitative estimate of drug-likeness (QED) is 0.567. The van der Waals surface area contributed by atoms with Gasteiger partial charge in [0.05, 0.1) is 19.4 Å². The Kier molecular flexibility index (Phi) is 7.35. The number of methoxy groups -OCH3 is 1. The molecule has 0 radical (unpaired) electrons. The highest BCUT2D eigenvalue weighted by atomic mass is 32.2. The van der Waals surface area contributed by atoms with Crippen LogP contribution in [0.15, 0.2) is 47.5 Å². The molecule has 0 unspecified atom stereocenters. The number of hydrogen-bond donors (Lipinski definition) is 0. The Morgan fingerprint density at radius 2 is 1.87 bits per heavy atom. The number of amidine groups is 1. The van der Waals surface area contributed by atoms with Crippen molar-refractivity contribution in [3.8, 4) is 11.5 Å². The zero-order valence-electron chi connectivity index (χ0n) is 18.2. The van der Waals surface area contributed by atoms with Crippen molar-refractivity contribution in [1.29, 1.82) is 0 Å². The Hall–Kier alpha value is -2.25. The minimum absolute atomic E-state index is 0.234. The SMILES string of the molecule is COc1ccc2c(c1)CSC(N(C)C1CCN(CCCOc3ccc(F)cc3)CC1)=N2. The van der Waals surface area contributed by atoms with E-state index in [1.54, 1.807) is 19.2 Å². The van der Waals surface area contributed by atoms with Gasteiger partial charge in [-0.15, -0.1) is 0 Å². The zero-order valence-corrected chi connectivity index (χ0v) is 19.0. The van der Waals surface area contributed by atoms with Gasteiger partial charge in [0, 0.05) is 38.5 Å². The third-order valence-electron chi connectivity index (χ3n) is 5.97. The number of benzene rings is 2. The molecule has 0 N–H and O–H groups in total. The van der Waals surface area contributed by atoms with Crippen molar-refractivity contribution in [2.75, 3.05) is 40.4 Å². The number of rotatable bonds is 7. The number of likely N-dealkylation sites (tertiary alicyclic amines) is 1. The van der Waals surface area contributed by atoms with Gasteiger partial charge in [0.15, 0.2) is 5.17 Å². The summed E-state index contributed by atoms with van der Waals surface area (Å²) >= 11 is 1.81. The first-order valence-corrected chi connectivity index (χ1v) is 11.8. The smallest absolute Gasteiger partial charge is 0.164 e. The van der Waals surface area contributed by atoms with Gasteiger partial charge in [-0.05, 0) is 67.3 Å². The van der Waals surface area contributed by atoms with E-state index in [-0.39, 0.29) is 5.82 Å². The zero-order chi connectivity index (χ0) is 21.6. The first-order chi connectivity index (χ1) is 15.1. The van der Waals surface area contributed by atoms with Crippen LogP contribution in [-0.2, 0) is 5.75 Å². The molecule has 1 fully saturated rings. The van der Waals surface area contributed by atoms with Crippen LogP contribution in [0.25, 0.3) is 0 Å². The number of ether oxygens (including phenoxy) is 2. The highest BCUT2D eigenvalue weighted by molar-refractivity contribution is 8.13. The normalized spacial score (nSPS) is 17.1. The predicted molar refractivity (Wildman–Crippen MR) is 125 cm³/mol. The van der Waals surface area contributed by atoms with Crippen molar-refractivity contribution in [2.24, 2.45) is 4.99 Å². The molecule has 2 aliphatic heterocycles. The van der Waals surface area contributed by atoms with E-state index in [2.05, 4.69) is 29.0 Å². The van der Waals surface area contributed by atoms with Gasteiger partial charge in [-0.3, -0.25) is 0 Å². The maximum absolute atomic E-state index is 12.9. The van der Waals surface area contributed by atoms with Crippen molar-refractivity contribution in [3.63, 3.8) is 0 Å².